The van der Waals surface area contributed by atoms with E-state index in [0.717, 1.165) is 66.5 Å². The Kier molecular flexibility index (Phi) is 5.64. The van der Waals surface area contributed by atoms with E-state index in [9.17, 15) is 0 Å². The highest BCUT2D eigenvalue weighted by atomic mass is 16.5. The molecule has 3 heterocycles. The molecule has 0 spiro atoms. The van der Waals surface area contributed by atoms with Crippen molar-refractivity contribution in [3.63, 3.8) is 0 Å². The number of ether oxygens (including phenoxy) is 2. The molecule has 29 heavy (non-hydrogen) atoms. The Morgan fingerprint density at radius 2 is 2.03 bits per heavy atom. The Morgan fingerprint density at radius 1 is 1.24 bits per heavy atom. The zero-order chi connectivity index (χ0) is 20.4. The molecule has 154 valence electrons. The van der Waals surface area contributed by atoms with Crippen molar-refractivity contribution in [1.29, 1.82) is 0 Å². The van der Waals surface area contributed by atoms with Crippen LogP contribution in [0.4, 0.5) is 5.82 Å². The number of fused-ring (bicyclic) bond motifs is 1. The molecule has 0 unspecified atom stereocenters. The highest BCUT2D eigenvalue weighted by molar-refractivity contribution is 5.88. The molecule has 0 amide bonds. The molecule has 0 bridgehead atoms. The molecule has 0 aliphatic carbocycles. The van der Waals surface area contributed by atoms with E-state index in [0.29, 0.717) is 5.92 Å². The minimum absolute atomic E-state index is 0.454. The SMILES string of the molecule is CNc1cc(C2CCOCC2)c2cc(OC)c(-n3cc(CN(C)C)nn3)cc2n1. The maximum atomic E-state index is 5.73. The first-order valence-electron chi connectivity index (χ1n) is 9.93. The van der Waals surface area contributed by atoms with E-state index in [1.807, 2.05) is 33.4 Å². The fraction of sp³-hybridized carbons (Fsp3) is 0.476. The Hall–Kier alpha value is -2.71. The molecule has 8 heteroatoms. The Balaban J connectivity index is 1.83. The van der Waals surface area contributed by atoms with Gasteiger partial charge in [0.1, 0.15) is 17.3 Å². The highest BCUT2D eigenvalue weighted by Gasteiger charge is 2.21. The quantitative estimate of drug-likeness (QED) is 0.686. The number of nitrogens with zero attached hydrogens (tertiary/aromatic N) is 5. The molecule has 1 aromatic carbocycles. The first kappa shape index (κ1) is 19.6. The highest BCUT2D eigenvalue weighted by Crippen LogP contribution is 2.37. The van der Waals surface area contributed by atoms with Crippen LogP contribution in [0.1, 0.15) is 30.0 Å². The van der Waals surface area contributed by atoms with Gasteiger partial charge in [0.2, 0.25) is 0 Å². The van der Waals surface area contributed by atoms with Crippen molar-refractivity contribution in [1.82, 2.24) is 24.9 Å². The molecule has 2 aromatic heterocycles. The van der Waals surface area contributed by atoms with Crippen molar-refractivity contribution < 1.29 is 9.47 Å². The second-order valence-corrected chi connectivity index (χ2v) is 7.67. The monoisotopic (exact) mass is 396 g/mol. The first-order valence-corrected chi connectivity index (χ1v) is 9.93. The second kappa shape index (κ2) is 8.34. The number of methoxy groups -OCH3 is 1. The van der Waals surface area contributed by atoms with Crippen molar-refractivity contribution in [2.75, 3.05) is 46.8 Å². The van der Waals surface area contributed by atoms with Crippen LogP contribution in [-0.4, -0.2) is 66.3 Å². The summed E-state index contributed by atoms with van der Waals surface area (Å²) in [6.45, 7) is 2.32. The third-order valence-electron chi connectivity index (χ3n) is 5.32. The van der Waals surface area contributed by atoms with E-state index in [1.165, 1.54) is 5.56 Å². The number of hydrogen-bond donors (Lipinski definition) is 1. The lowest BCUT2D eigenvalue weighted by Crippen LogP contribution is -2.15. The van der Waals surface area contributed by atoms with Crippen molar-refractivity contribution >= 4 is 16.7 Å². The minimum atomic E-state index is 0.454. The Bertz CT molecular complexity index is 994. The summed E-state index contributed by atoms with van der Waals surface area (Å²) in [5.74, 6) is 2.07. The molecule has 4 rings (SSSR count). The molecule has 1 saturated heterocycles. The molecule has 0 saturated carbocycles. The third kappa shape index (κ3) is 4.04. The smallest absolute Gasteiger partial charge is 0.145 e. The molecule has 1 aliphatic heterocycles. The largest absolute Gasteiger partial charge is 0.494 e. The summed E-state index contributed by atoms with van der Waals surface area (Å²) in [4.78, 5) is 6.86. The summed E-state index contributed by atoms with van der Waals surface area (Å²) in [7, 11) is 7.61. The van der Waals surface area contributed by atoms with Crippen LogP contribution in [-0.2, 0) is 11.3 Å². The Morgan fingerprint density at radius 3 is 2.72 bits per heavy atom. The number of aromatic nitrogens is 4. The number of anilines is 1. The van der Waals surface area contributed by atoms with Crippen LogP contribution in [0.15, 0.2) is 24.4 Å². The zero-order valence-corrected chi connectivity index (χ0v) is 17.5. The molecular formula is C21H28N6O2. The summed E-state index contributed by atoms with van der Waals surface area (Å²) in [5.41, 5.74) is 3.94. The van der Waals surface area contributed by atoms with Gasteiger partial charge in [0.15, 0.2) is 0 Å². The van der Waals surface area contributed by atoms with Crippen LogP contribution >= 0.6 is 0 Å². The summed E-state index contributed by atoms with van der Waals surface area (Å²) in [6.07, 6.45) is 3.97. The zero-order valence-electron chi connectivity index (χ0n) is 17.5. The predicted octanol–water partition coefficient (Wildman–Crippen LogP) is 2.82. The second-order valence-electron chi connectivity index (χ2n) is 7.67. The van der Waals surface area contributed by atoms with Crippen molar-refractivity contribution in [3.8, 4) is 11.4 Å². The summed E-state index contributed by atoms with van der Waals surface area (Å²) in [6, 6.07) is 6.27. The molecule has 1 fully saturated rings. The molecule has 0 radical (unpaired) electrons. The molecule has 0 atom stereocenters. The number of benzene rings is 1. The van der Waals surface area contributed by atoms with E-state index in [4.69, 9.17) is 14.5 Å². The van der Waals surface area contributed by atoms with E-state index >= 15 is 0 Å². The predicted molar refractivity (Wildman–Crippen MR) is 113 cm³/mol. The van der Waals surface area contributed by atoms with Crippen LogP contribution in [0.5, 0.6) is 5.75 Å². The lowest BCUT2D eigenvalue weighted by atomic mass is 9.89. The number of hydrogen-bond acceptors (Lipinski definition) is 7. The van der Waals surface area contributed by atoms with E-state index < -0.39 is 0 Å². The minimum Gasteiger partial charge on any atom is -0.494 e. The lowest BCUT2D eigenvalue weighted by molar-refractivity contribution is 0.0856. The fourth-order valence-corrected chi connectivity index (χ4v) is 3.90. The summed E-state index contributed by atoms with van der Waals surface area (Å²) >= 11 is 0. The molecule has 8 nitrogen and oxygen atoms in total. The van der Waals surface area contributed by atoms with Crippen molar-refractivity contribution in [2.45, 2.75) is 25.3 Å². The summed E-state index contributed by atoms with van der Waals surface area (Å²) in [5, 5.41) is 12.9. The number of pyridine rings is 1. The van der Waals surface area contributed by atoms with Crippen molar-refractivity contribution in [2.24, 2.45) is 0 Å². The fourth-order valence-electron chi connectivity index (χ4n) is 3.90. The van der Waals surface area contributed by atoms with E-state index in [2.05, 4.69) is 32.7 Å². The van der Waals surface area contributed by atoms with Gasteiger partial charge in [-0.2, -0.15) is 0 Å². The van der Waals surface area contributed by atoms with Gasteiger partial charge < -0.3 is 19.7 Å². The van der Waals surface area contributed by atoms with Gasteiger partial charge in [0, 0.05) is 32.2 Å². The van der Waals surface area contributed by atoms with Gasteiger partial charge in [-0.05, 0) is 56.6 Å². The molecule has 1 N–H and O–H groups in total. The van der Waals surface area contributed by atoms with Crippen LogP contribution in [0.2, 0.25) is 0 Å². The maximum Gasteiger partial charge on any atom is 0.145 e. The maximum absolute atomic E-state index is 5.73. The lowest BCUT2D eigenvalue weighted by Gasteiger charge is -2.24. The molecular weight excluding hydrogens is 368 g/mol. The summed E-state index contributed by atoms with van der Waals surface area (Å²) < 4.78 is 13.1. The van der Waals surface area contributed by atoms with Gasteiger partial charge in [0.25, 0.3) is 0 Å². The Labute approximate surface area is 170 Å². The standard InChI is InChI=1S/C21H28N6O2/c1-22-21-10-16(14-5-7-29-8-6-14)17-9-20(28-4)19(11-18(17)23-21)27-13-15(24-25-27)12-26(2)3/h9-11,13-14H,5-8,12H2,1-4H3,(H,22,23). The van der Waals surface area contributed by atoms with Crippen LogP contribution in [0, 0.1) is 0 Å². The van der Waals surface area contributed by atoms with Gasteiger partial charge in [-0.25, -0.2) is 9.67 Å². The van der Waals surface area contributed by atoms with E-state index in [1.54, 1.807) is 11.8 Å². The average molecular weight is 396 g/mol. The average Bonchev–Trinajstić information content (AvgIpc) is 3.20. The van der Waals surface area contributed by atoms with Gasteiger partial charge >= 0.3 is 0 Å². The van der Waals surface area contributed by atoms with Crippen LogP contribution in [0.25, 0.3) is 16.6 Å². The van der Waals surface area contributed by atoms with Gasteiger partial charge in [0.05, 0.1) is 24.5 Å². The van der Waals surface area contributed by atoms with Crippen LogP contribution < -0.4 is 10.1 Å². The van der Waals surface area contributed by atoms with Gasteiger partial charge in [-0.15, -0.1) is 5.10 Å². The topological polar surface area (TPSA) is 77.3 Å². The third-order valence-corrected chi connectivity index (χ3v) is 5.32. The van der Waals surface area contributed by atoms with Gasteiger partial charge in [-0.1, -0.05) is 5.21 Å². The number of nitrogens with one attached hydrogen (secondary N) is 1. The van der Waals surface area contributed by atoms with Crippen LogP contribution in [0.3, 0.4) is 0 Å². The normalized spacial score (nSPS) is 15.2. The first-order chi connectivity index (χ1) is 14.1. The van der Waals surface area contributed by atoms with Crippen molar-refractivity contribution in [3.05, 3.63) is 35.7 Å². The number of rotatable bonds is 6. The van der Waals surface area contributed by atoms with Gasteiger partial charge in [-0.3, -0.25) is 0 Å². The molecule has 3 aromatic rings. The van der Waals surface area contributed by atoms with E-state index in [-0.39, 0.29) is 0 Å². The molecule has 1 aliphatic rings.